The number of rotatable bonds is 9. The third-order valence-corrected chi connectivity index (χ3v) is 1.93. The summed E-state index contributed by atoms with van der Waals surface area (Å²) in [7, 11) is 0. The van der Waals surface area contributed by atoms with E-state index >= 15 is 0 Å². The fourth-order valence-corrected chi connectivity index (χ4v) is 1.21. The first-order valence-corrected chi connectivity index (χ1v) is 5.74. The van der Waals surface area contributed by atoms with Crippen LogP contribution in [-0.2, 0) is 9.47 Å². The lowest BCUT2D eigenvalue weighted by Gasteiger charge is -2.12. The van der Waals surface area contributed by atoms with Gasteiger partial charge in [-0.25, -0.2) is 0 Å². The van der Waals surface area contributed by atoms with Crippen LogP contribution in [0.4, 0.5) is 0 Å². The number of unbranched alkanes of at least 4 members (excludes halogenated alkanes) is 3. The first-order valence-electron chi connectivity index (χ1n) is 5.74. The van der Waals surface area contributed by atoms with Crippen LogP contribution in [0.1, 0.15) is 46.5 Å². The van der Waals surface area contributed by atoms with E-state index in [1.807, 2.05) is 19.9 Å². The van der Waals surface area contributed by atoms with Gasteiger partial charge in [0.25, 0.3) is 0 Å². The molecular weight excluding hydrogens is 176 g/mol. The summed E-state index contributed by atoms with van der Waals surface area (Å²) in [6.07, 6.45) is 9.00. The van der Waals surface area contributed by atoms with Crippen LogP contribution in [0.15, 0.2) is 12.2 Å². The lowest BCUT2D eigenvalue weighted by atomic mass is 10.2. The van der Waals surface area contributed by atoms with Crippen LogP contribution in [-0.4, -0.2) is 19.5 Å². The summed E-state index contributed by atoms with van der Waals surface area (Å²) in [5.41, 5.74) is 0. The third kappa shape index (κ3) is 8.27. The molecule has 0 aromatic rings. The van der Waals surface area contributed by atoms with Crippen molar-refractivity contribution < 1.29 is 9.47 Å². The predicted octanol–water partition coefficient (Wildman–Crippen LogP) is 3.52. The first kappa shape index (κ1) is 13.7. The first-order chi connectivity index (χ1) is 6.85. The summed E-state index contributed by atoms with van der Waals surface area (Å²) in [6.45, 7) is 7.58. The van der Waals surface area contributed by atoms with Crippen molar-refractivity contribution in [1.29, 1.82) is 0 Å². The molecule has 0 saturated carbocycles. The Morgan fingerprint density at radius 3 is 2.14 bits per heavy atom. The topological polar surface area (TPSA) is 18.5 Å². The molecular formula is C12H24O2. The van der Waals surface area contributed by atoms with Gasteiger partial charge in [-0.1, -0.05) is 25.8 Å². The highest BCUT2D eigenvalue weighted by Gasteiger charge is 2.00. The Kier molecular flexibility index (Phi) is 10.5. The molecule has 0 aliphatic rings. The smallest absolute Gasteiger partial charge is 0.176 e. The van der Waals surface area contributed by atoms with E-state index in [1.165, 1.54) is 19.3 Å². The third-order valence-electron chi connectivity index (χ3n) is 1.93. The SMILES string of the molecule is CCCCC/C=C\C(OCC)OCC. The molecule has 0 aliphatic heterocycles. The minimum atomic E-state index is -0.147. The Balaban J connectivity index is 3.55. The molecule has 0 fully saturated rings. The molecule has 84 valence electrons. The number of hydrogen-bond acceptors (Lipinski definition) is 2. The molecule has 2 heteroatoms. The van der Waals surface area contributed by atoms with Crippen LogP contribution in [0.5, 0.6) is 0 Å². The maximum absolute atomic E-state index is 5.38. The summed E-state index contributed by atoms with van der Waals surface area (Å²) >= 11 is 0. The predicted molar refractivity (Wildman–Crippen MR) is 60.3 cm³/mol. The van der Waals surface area contributed by atoms with Crippen molar-refractivity contribution >= 4 is 0 Å². The van der Waals surface area contributed by atoms with Crippen molar-refractivity contribution in [2.45, 2.75) is 52.7 Å². The van der Waals surface area contributed by atoms with Crippen LogP contribution < -0.4 is 0 Å². The van der Waals surface area contributed by atoms with Crippen molar-refractivity contribution in [1.82, 2.24) is 0 Å². The zero-order valence-electron chi connectivity index (χ0n) is 9.79. The fourth-order valence-electron chi connectivity index (χ4n) is 1.21. The monoisotopic (exact) mass is 200 g/mol. The molecule has 14 heavy (non-hydrogen) atoms. The van der Waals surface area contributed by atoms with E-state index in [2.05, 4.69) is 13.0 Å². The Bertz CT molecular complexity index is 126. The average Bonchev–Trinajstić information content (AvgIpc) is 2.18. The molecule has 0 amide bonds. The Hall–Kier alpha value is -0.340. The van der Waals surface area contributed by atoms with Crippen LogP contribution in [0, 0.1) is 0 Å². The highest BCUT2D eigenvalue weighted by atomic mass is 16.7. The van der Waals surface area contributed by atoms with Crippen LogP contribution in [0.3, 0.4) is 0 Å². The van der Waals surface area contributed by atoms with Gasteiger partial charge in [-0.05, 0) is 32.8 Å². The molecule has 0 N–H and O–H groups in total. The van der Waals surface area contributed by atoms with Crippen molar-refractivity contribution in [3.8, 4) is 0 Å². The maximum atomic E-state index is 5.38. The molecule has 0 rings (SSSR count). The number of allylic oxidation sites excluding steroid dienone is 1. The molecule has 0 spiro atoms. The minimum absolute atomic E-state index is 0.147. The highest BCUT2D eigenvalue weighted by molar-refractivity contribution is 4.85. The summed E-state index contributed by atoms with van der Waals surface area (Å²) in [6, 6.07) is 0. The lowest BCUT2D eigenvalue weighted by molar-refractivity contribution is -0.104. The van der Waals surface area contributed by atoms with Crippen LogP contribution in [0.25, 0.3) is 0 Å². The highest BCUT2D eigenvalue weighted by Crippen LogP contribution is 2.02. The quantitative estimate of drug-likeness (QED) is 0.322. The maximum Gasteiger partial charge on any atom is 0.176 e. The van der Waals surface area contributed by atoms with Gasteiger partial charge in [0.2, 0.25) is 0 Å². The number of hydrogen-bond donors (Lipinski definition) is 0. The van der Waals surface area contributed by atoms with E-state index in [9.17, 15) is 0 Å². The van der Waals surface area contributed by atoms with E-state index in [4.69, 9.17) is 9.47 Å². The van der Waals surface area contributed by atoms with E-state index in [0.29, 0.717) is 13.2 Å². The van der Waals surface area contributed by atoms with Gasteiger partial charge in [0, 0.05) is 13.2 Å². The summed E-state index contributed by atoms with van der Waals surface area (Å²) in [5.74, 6) is 0. The van der Waals surface area contributed by atoms with Gasteiger partial charge in [0.05, 0.1) is 0 Å². The Labute approximate surface area is 88.3 Å². The zero-order chi connectivity index (χ0) is 10.6. The summed E-state index contributed by atoms with van der Waals surface area (Å²) in [4.78, 5) is 0. The normalized spacial score (nSPS) is 11.7. The van der Waals surface area contributed by atoms with E-state index in [0.717, 1.165) is 6.42 Å². The molecule has 0 radical (unpaired) electrons. The van der Waals surface area contributed by atoms with E-state index in [1.54, 1.807) is 0 Å². The average molecular weight is 200 g/mol. The molecule has 0 saturated heterocycles. The van der Waals surface area contributed by atoms with Gasteiger partial charge in [0.15, 0.2) is 6.29 Å². The number of ether oxygens (including phenoxy) is 2. The Morgan fingerprint density at radius 1 is 1.00 bits per heavy atom. The molecule has 0 aromatic heterocycles. The standard InChI is InChI=1S/C12H24O2/c1-4-7-8-9-10-11-12(13-5-2)14-6-3/h10-12H,4-9H2,1-3H3/b11-10-. The molecule has 0 heterocycles. The largest absolute Gasteiger partial charge is 0.349 e. The zero-order valence-corrected chi connectivity index (χ0v) is 9.79. The Morgan fingerprint density at radius 2 is 1.64 bits per heavy atom. The summed E-state index contributed by atoms with van der Waals surface area (Å²) in [5, 5.41) is 0. The molecule has 0 aliphatic carbocycles. The molecule has 0 unspecified atom stereocenters. The van der Waals surface area contributed by atoms with Gasteiger partial charge >= 0.3 is 0 Å². The second kappa shape index (κ2) is 10.7. The van der Waals surface area contributed by atoms with Crippen molar-refractivity contribution in [2.24, 2.45) is 0 Å². The fraction of sp³-hybridized carbons (Fsp3) is 0.833. The second-order valence-electron chi connectivity index (χ2n) is 3.20. The van der Waals surface area contributed by atoms with Gasteiger partial charge in [-0.15, -0.1) is 0 Å². The molecule has 2 nitrogen and oxygen atoms in total. The van der Waals surface area contributed by atoms with Crippen LogP contribution in [0.2, 0.25) is 0 Å². The second-order valence-corrected chi connectivity index (χ2v) is 3.20. The van der Waals surface area contributed by atoms with Gasteiger partial charge < -0.3 is 9.47 Å². The molecule has 0 atom stereocenters. The van der Waals surface area contributed by atoms with E-state index in [-0.39, 0.29) is 6.29 Å². The van der Waals surface area contributed by atoms with E-state index < -0.39 is 0 Å². The van der Waals surface area contributed by atoms with Gasteiger partial charge in [-0.3, -0.25) is 0 Å². The van der Waals surface area contributed by atoms with Gasteiger partial charge in [-0.2, -0.15) is 0 Å². The van der Waals surface area contributed by atoms with Crippen LogP contribution >= 0.6 is 0 Å². The minimum Gasteiger partial charge on any atom is -0.349 e. The van der Waals surface area contributed by atoms with Crippen molar-refractivity contribution in [3.63, 3.8) is 0 Å². The molecule has 0 aromatic carbocycles. The molecule has 0 bridgehead atoms. The van der Waals surface area contributed by atoms with Crippen molar-refractivity contribution in [3.05, 3.63) is 12.2 Å². The van der Waals surface area contributed by atoms with Gasteiger partial charge in [0.1, 0.15) is 0 Å². The van der Waals surface area contributed by atoms with Crippen molar-refractivity contribution in [2.75, 3.05) is 13.2 Å². The lowest BCUT2D eigenvalue weighted by Crippen LogP contribution is -2.14. The summed E-state index contributed by atoms with van der Waals surface area (Å²) < 4.78 is 10.8.